The normalized spacial score (nSPS) is 10.7. The van der Waals surface area contributed by atoms with Crippen molar-refractivity contribution in [1.82, 2.24) is 9.78 Å². The van der Waals surface area contributed by atoms with Gasteiger partial charge in [0.15, 0.2) is 5.82 Å². The van der Waals surface area contributed by atoms with E-state index in [1.165, 1.54) is 0 Å². The van der Waals surface area contributed by atoms with E-state index >= 15 is 0 Å². The minimum absolute atomic E-state index is 0.880. The Morgan fingerprint density at radius 1 is 1.73 bits per heavy atom. The average molecular weight is 149 g/mol. The number of allylic oxidation sites excluding steroid dienone is 1. The van der Waals surface area contributed by atoms with Gasteiger partial charge in [-0.05, 0) is 6.92 Å². The van der Waals surface area contributed by atoms with Gasteiger partial charge in [-0.15, -0.1) is 0 Å². The van der Waals surface area contributed by atoms with E-state index in [4.69, 9.17) is 0 Å². The second-order valence-corrected chi connectivity index (χ2v) is 2.29. The van der Waals surface area contributed by atoms with E-state index in [0.29, 0.717) is 0 Å². The molecule has 0 aliphatic rings. The molecule has 0 unspecified atom stereocenters. The van der Waals surface area contributed by atoms with Crippen molar-refractivity contribution in [2.75, 3.05) is 0 Å². The molecule has 0 amide bonds. The van der Waals surface area contributed by atoms with E-state index in [1.807, 2.05) is 14.0 Å². The summed E-state index contributed by atoms with van der Waals surface area (Å²) in [6, 6.07) is 0. The van der Waals surface area contributed by atoms with Gasteiger partial charge < -0.3 is 0 Å². The summed E-state index contributed by atoms with van der Waals surface area (Å²) in [6.07, 6.45) is 5.09. The van der Waals surface area contributed by atoms with Gasteiger partial charge >= 0.3 is 0 Å². The molecule has 0 atom stereocenters. The lowest BCUT2D eigenvalue weighted by atomic mass is 10.4. The maximum absolute atomic E-state index is 4.14. The number of aliphatic imine (C=N–C) groups is 1. The van der Waals surface area contributed by atoms with Crippen LogP contribution in [0.15, 0.2) is 23.8 Å². The molecule has 11 heavy (non-hydrogen) atoms. The molecular formula is C8H11N3. The fourth-order valence-corrected chi connectivity index (χ4v) is 0.850. The molecule has 0 aromatic carbocycles. The Morgan fingerprint density at radius 2 is 2.45 bits per heavy atom. The lowest BCUT2D eigenvalue weighted by Gasteiger charge is -1.93. The van der Waals surface area contributed by atoms with Gasteiger partial charge in [0.25, 0.3) is 0 Å². The molecule has 3 heteroatoms. The SMILES string of the molecule is C=C/C=N\c1c(C)cnn1C. The first-order valence-electron chi connectivity index (χ1n) is 3.39. The maximum atomic E-state index is 4.14. The molecule has 1 heterocycles. The number of aromatic nitrogens is 2. The quantitative estimate of drug-likeness (QED) is 0.587. The van der Waals surface area contributed by atoms with Crippen molar-refractivity contribution in [3.05, 3.63) is 24.4 Å². The summed E-state index contributed by atoms with van der Waals surface area (Å²) in [5, 5.41) is 4.04. The molecule has 0 aliphatic heterocycles. The maximum Gasteiger partial charge on any atom is 0.152 e. The number of hydrogen-bond donors (Lipinski definition) is 0. The Kier molecular flexibility index (Phi) is 2.21. The molecule has 0 spiro atoms. The Bertz CT molecular complexity index is 264. The zero-order valence-electron chi connectivity index (χ0n) is 6.78. The van der Waals surface area contributed by atoms with Crippen molar-refractivity contribution in [1.29, 1.82) is 0 Å². The molecule has 58 valence electrons. The third-order valence-electron chi connectivity index (χ3n) is 1.39. The first kappa shape index (κ1) is 7.72. The van der Waals surface area contributed by atoms with Crippen molar-refractivity contribution in [2.45, 2.75) is 6.92 Å². The lowest BCUT2D eigenvalue weighted by Crippen LogP contribution is -1.88. The minimum Gasteiger partial charge on any atom is -0.251 e. The van der Waals surface area contributed by atoms with Crippen LogP contribution in [0.5, 0.6) is 0 Å². The van der Waals surface area contributed by atoms with Crippen LogP contribution in [0.25, 0.3) is 0 Å². The third kappa shape index (κ3) is 1.55. The summed E-state index contributed by atoms with van der Waals surface area (Å²) in [5.41, 5.74) is 1.07. The van der Waals surface area contributed by atoms with E-state index in [-0.39, 0.29) is 0 Å². The van der Waals surface area contributed by atoms with E-state index in [1.54, 1.807) is 23.2 Å². The van der Waals surface area contributed by atoms with Crippen LogP contribution < -0.4 is 0 Å². The predicted molar refractivity (Wildman–Crippen MR) is 46.3 cm³/mol. The molecule has 3 nitrogen and oxygen atoms in total. The van der Waals surface area contributed by atoms with Crippen molar-refractivity contribution >= 4 is 12.0 Å². The van der Waals surface area contributed by atoms with E-state index in [9.17, 15) is 0 Å². The average Bonchev–Trinajstić information content (AvgIpc) is 2.29. The number of aryl methyl sites for hydroxylation is 2. The molecule has 1 aromatic rings. The topological polar surface area (TPSA) is 30.2 Å². The Morgan fingerprint density at radius 3 is 2.91 bits per heavy atom. The fraction of sp³-hybridized carbons (Fsp3) is 0.250. The Labute approximate surface area is 66.1 Å². The van der Waals surface area contributed by atoms with Gasteiger partial charge in [0.05, 0.1) is 6.20 Å². The number of nitrogens with zero attached hydrogens (tertiary/aromatic N) is 3. The number of rotatable bonds is 2. The molecule has 0 N–H and O–H groups in total. The molecule has 1 aromatic heterocycles. The minimum atomic E-state index is 0.880. The first-order chi connectivity index (χ1) is 5.25. The first-order valence-corrected chi connectivity index (χ1v) is 3.39. The highest BCUT2D eigenvalue weighted by atomic mass is 15.3. The van der Waals surface area contributed by atoms with Crippen LogP contribution in [0.2, 0.25) is 0 Å². The highest BCUT2D eigenvalue weighted by Crippen LogP contribution is 2.14. The number of hydrogen-bond acceptors (Lipinski definition) is 2. The largest absolute Gasteiger partial charge is 0.251 e. The van der Waals surface area contributed by atoms with Crippen molar-refractivity contribution < 1.29 is 0 Å². The third-order valence-corrected chi connectivity index (χ3v) is 1.39. The summed E-state index contributed by atoms with van der Waals surface area (Å²) >= 11 is 0. The van der Waals surface area contributed by atoms with Crippen LogP contribution in [0, 0.1) is 6.92 Å². The van der Waals surface area contributed by atoms with Gasteiger partial charge in [0.1, 0.15) is 0 Å². The van der Waals surface area contributed by atoms with Crippen LogP contribution in [0.4, 0.5) is 5.82 Å². The van der Waals surface area contributed by atoms with Crippen molar-refractivity contribution in [2.24, 2.45) is 12.0 Å². The van der Waals surface area contributed by atoms with Gasteiger partial charge in [-0.25, -0.2) is 4.99 Å². The highest BCUT2D eigenvalue weighted by molar-refractivity contribution is 5.73. The van der Waals surface area contributed by atoms with E-state index in [2.05, 4.69) is 16.7 Å². The lowest BCUT2D eigenvalue weighted by molar-refractivity contribution is 0.771. The zero-order valence-corrected chi connectivity index (χ0v) is 6.78. The summed E-state index contributed by atoms with van der Waals surface area (Å²) in [6.45, 7) is 5.52. The van der Waals surface area contributed by atoms with Crippen molar-refractivity contribution in [3.63, 3.8) is 0 Å². The summed E-state index contributed by atoms with van der Waals surface area (Å²) in [5.74, 6) is 0.880. The molecule has 0 radical (unpaired) electrons. The summed E-state index contributed by atoms with van der Waals surface area (Å²) < 4.78 is 1.73. The van der Waals surface area contributed by atoms with Crippen LogP contribution in [-0.2, 0) is 7.05 Å². The van der Waals surface area contributed by atoms with E-state index < -0.39 is 0 Å². The van der Waals surface area contributed by atoms with Crippen LogP contribution >= 0.6 is 0 Å². The van der Waals surface area contributed by atoms with Crippen LogP contribution in [0.1, 0.15) is 5.56 Å². The van der Waals surface area contributed by atoms with Gasteiger partial charge in [-0.2, -0.15) is 5.10 Å². The van der Waals surface area contributed by atoms with E-state index in [0.717, 1.165) is 11.4 Å². The van der Waals surface area contributed by atoms with Gasteiger partial charge in [0, 0.05) is 18.8 Å². The van der Waals surface area contributed by atoms with Gasteiger partial charge in [-0.3, -0.25) is 4.68 Å². The van der Waals surface area contributed by atoms with Crippen LogP contribution in [-0.4, -0.2) is 16.0 Å². The Hall–Kier alpha value is -1.38. The summed E-state index contributed by atoms with van der Waals surface area (Å²) in [4.78, 5) is 4.14. The standard InChI is InChI=1S/C8H11N3/c1-4-5-9-8-7(2)6-10-11(8)3/h4-6H,1H2,2-3H3/b9-5-. The fourth-order valence-electron chi connectivity index (χ4n) is 0.850. The molecule has 1 rings (SSSR count). The van der Waals surface area contributed by atoms with Gasteiger partial charge in [-0.1, -0.05) is 12.7 Å². The van der Waals surface area contributed by atoms with Crippen LogP contribution in [0.3, 0.4) is 0 Å². The Balaban J connectivity index is 3.00. The molecule has 0 aliphatic carbocycles. The van der Waals surface area contributed by atoms with Gasteiger partial charge in [0.2, 0.25) is 0 Å². The monoisotopic (exact) mass is 149 g/mol. The highest BCUT2D eigenvalue weighted by Gasteiger charge is 1.99. The molecule has 0 fully saturated rings. The molecular weight excluding hydrogens is 138 g/mol. The smallest absolute Gasteiger partial charge is 0.152 e. The molecule has 0 saturated heterocycles. The molecule has 0 bridgehead atoms. The zero-order chi connectivity index (χ0) is 8.27. The predicted octanol–water partition coefficient (Wildman–Crippen LogP) is 1.62. The summed E-state index contributed by atoms with van der Waals surface area (Å²) in [7, 11) is 1.86. The second kappa shape index (κ2) is 3.14. The molecule has 0 saturated carbocycles. The second-order valence-electron chi connectivity index (χ2n) is 2.29. The van der Waals surface area contributed by atoms with Crippen molar-refractivity contribution in [3.8, 4) is 0 Å².